The molecule has 1 aromatic heterocycles. The first-order valence-corrected chi connectivity index (χ1v) is 9.21. The van der Waals surface area contributed by atoms with Gasteiger partial charge >= 0.3 is 0 Å². The van der Waals surface area contributed by atoms with Crippen molar-refractivity contribution in [3.8, 4) is 0 Å². The lowest BCUT2D eigenvalue weighted by Gasteiger charge is -2.47. The van der Waals surface area contributed by atoms with Crippen LogP contribution in [0.1, 0.15) is 38.3 Å². The Bertz CT molecular complexity index is 606. The molecule has 7 heteroatoms. The summed E-state index contributed by atoms with van der Waals surface area (Å²) in [5.74, 6) is 2.98. The van der Waals surface area contributed by atoms with Crippen molar-refractivity contribution in [2.45, 2.75) is 58.3 Å². The zero-order valence-electron chi connectivity index (χ0n) is 14.6. The molecule has 3 heterocycles. The number of hydrogen-bond acceptors (Lipinski definition) is 5. The van der Waals surface area contributed by atoms with Crippen LogP contribution < -0.4 is 0 Å². The van der Waals surface area contributed by atoms with Crippen LogP contribution in [0.5, 0.6) is 0 Å². The fourth-order valence-corrected chi connectivity index (χ4v) is 3.57. The molecule has 1 saturated carbocycles. The van der Waals surface area contributed by atoms with Crippen LogP contribution in [0.3, 0.4) is 0 Å². The van der Waals surface area contributed by atoms with Crippen LogP contribution in [-0.4, -0.2) is 68.9 Å². The standard InChI is InChI=1S/C17H27N5O2/c1-3-15-18-19-16-10-20(6-7-22(15)16)14-8-21(9-14)17(23)12(2)24-11-13-4-5-13/h12-14H,3-11H2,1-2H3/t12-/m1/s1. The maximum absolute atomic E-state index is 12.4. The average molecular weight is 333 g/mol. The minimum Gasteiger partial charge on any atom is -0.368 e. The van der Waals surface area contributed by atoms with Crippen LogP contribution in [0.25, 0.3) is 0 Å². The summed E-state index contributed by atoms with van der Waals surface area (Å²) in [6.45, 7) is 9.17. The van der Waals surface area contributed by atoms with E-state index in [9.17, 15) is 4.79 Å². The van der Waals surface area contributed by atoms with Gasteiger partial charge in [0.2, 0.25) is 0 Å². The molecule has 1 aromatic rings. The van der Waals surface area contributed by atoms with Gasteiger partial charge in [-0.05, 0) is 25.7 Å². The molecule has 1 atom stereocenters. The second-order valence-corrected chi connectivity index (χ2v) is 7.32. The molecule has 2 aliphatic heterocycles. The Morgan fingerprint density at radius 3 is 2.79 bits per heavy atom. The smallest absolute Gasteiger partial charge is 0.251 e. The molecule has 132 valence electrons. The third kappa shape index (κ3) is 3.07. The molecule has 7 nitrogen and oxygen atoms in total. The first-order chi connectivity index (χ1) is 11.7. The van der Waals surface area contributed by atoms with Crippen LogP contribution >= 0.6 is 0 Å². The van der Waals surface area contributed by atoms with Gasteiger partial charge in [0.1, 0.15) is 17.8 Å². The van der Waals surface area contributed by atoms with Gasteiger partial charge in [-0.1, -0.05) is 6.92 Å². The number of fused-ring (bicyclic) bond motifs is 1. The van der Waals surface area contributed by atoms with Crippen LogP contribution in [0.15, 0.2) is 0 Å². The lowest BCUT2D eigenvalue weighted by molar-refractivity contribution is -0.151. The molecule has 1 aliphatic carbocycles. The Kier molecular flexibility index (Phi) is 4.30. The highest BCUT2D eigenvalue weighted by molar-refractivity contribution is 5.81. The molecule has 0 radical (unpaired) electrons. The van der Waals surface area contributed by atoms with E-state index in [1.165, 1.54) is 12.8 Å². The first kappa shape index (κ1) is 16.0. The molecule has 0 N–H and O–H groups in total. The monoisotopic (exact) mass is 333 g/mol. The number of aryl methyl sites for hydroxylation is 1. The minimum absolute atomic E-state index is 0.139. The van der Waals surface area contributed by atoms with Gasteiger partial charge in [-0.25, -0.2) is 0 Å². The van der Waals surface area contributed by atoms with Gasteiger partial charge in [0, 0.05) is 38.6 Å². The summed E-state index contributed by atoms with van der Waals surface area (Å²) in [5.41, 5.74) is 0. The van der Waals surface area contributed by atoms with Gasteiger partial charge in [0.15, 0.2) is 0 Å². The maximum atomic E-state index is 12.4. The third-order valence-electron chi connectivity index (χ3n) is 5.49. The number of rotatable bonds is 6. The molecular formula is C17H27N5O2. The van der Waals surface area contributed by atoms with Crippen molar-refractivity contribution in [2.75, 3.05) is 26.2 Å². The highest BCUT2D eigenvalue weighted by Crippen LogP contribution is 2.29. The Morgan fingerprint density at radius 2 is 2.08 bits per heavy atom. The number of likely N-dealkylation sites (tertiary alicyclic amines) is 1. The summed E-state index contributed by atoms with van der Waals surface area (Å²) in [6, 6.07) is 0.445. The highest BCUT2D eigenvalue weighted by Gasteiger charge is 2.38. The van der Waals surface area contributed by atoms with Gasteiger partial charge < -0.3 is 14.2 Å². The topological polar surface area (TPSA) is 63.5 Å². The molecule has 4 rings (SSSR count). The van der Waals surface area contributed by atoms with E-state index in [4.69, 9.17) is 4.74 Å². The van der Waals surface area contributed by atoms with Crippen LogP contribution in [-0.2, 0) is 29.0 Å². The van der Waals surface area contributed by atoms with Gasteiger partial charge in [0.25, 0.3) is 5.91 Å². The zero-order chi connectivity index (χ0) is 16.7. The van der Waals surface area contributed by atoms with E-state index in [0.29, 0.717) is 12.0 Å². The zero-order valence-corrected chi connectivity index (χ0v) is 14.6. The average Bonchev–Trinajstić information content (AvgIpc) is 3.29. The van der Waals surface area contributed by atoms with Crippen molar-refractivity contribution in [1.82, 2.24) is 24.6 Å². The summed E-state index contributed by atoms with van der Waals surface area (Å²) in [7, 11) is 0. The number of hydrogen-bond donors (Lipinski definition) is 0. The van der Waals surface area contributed by atoms with E-state index >= 15 is 0 Å². The fraction of sp³-hybridized carbons (Fsp3) is 0.824. The number of carbonyl (C=O) groups is 1. The number of aromatic nitrogens is 3. The summed E-state index contributed by atoms with van der Waals surface area (Å²) in [5, 5.41) is 8.58. The summed E-state index contributed by atoms with van der Waals surface area (Å²) < 4.78 is 7.94. The molecule has 0 aromatic carbocycles. The Hall–Kier alpha value is -1.47. The molecule has 0 unspecified atom stereocenters. The Balaban J connectivity index is 1.26. The Labute approximate surface area is 143 Å². The molecule has 3 aliphatic rings. The van der Waals surface area contributed by atoms with Crippen molar-refractivity contribution in [1.29, 1.82) is 0 Å². The summed E-state index contributed by atoms with van der Waals surface area (Å²) in [4.78, 5) is 16.7. The minimum atomic E-state index is -0.303. The van der Waals surface area contributed by atoms with Gasteiger partial charge in [-0.2, -0.15) is 0 Å². The highest BCUT2D eigenvalue weighted by atomic mass is 16.5. The summed E-state index contributed by atoms with van der Waals surface area (Å²) in [6.07, 6.45) is 3.14. The second kappa shape index (κ2) is 6.44. The number of amides is 1. The van der Waals surface area contributed by atoms with E-state index < -0.39 is 0 Å². The van der Waals surface area contributed by atoms with Gasteiger partial charge in [-0.15, -0.1) is 10.2 Å². The fourth-order valence-electron chi connectivity index (χ4n) is 3.57. The van der Waals surface area contributed by atoms with Crippen molar-refractivity contribution in [3.05, 3.63) is 11.6 Å². The molecule has 1 saturated heterocycles. The normalized spacial score (nSPS) is 23.0. The maximum Gasteiger partial charge on any atom is 0.251 e. The van der Waals surface area contributed by atoms with Crippen LogP contribution in [0.2, 0.25) is 0 Å². The van der Waals surface area contributed by atoms with Crippen LogP contribution in [0, 0.1) is 5.92 Å². The molecule has 0 spiro atoms. The molecule has 1 amide bonds. The molecule has 2 fully saturated rings. The number of carbonyl (C=O) groups excluding carboxylic acids is 1. The SMILES string of the molecule is CCc1nnc2n1CCN(C1CN(C(=O)[C@@H](C)OCC3CC3)C1)C2. The van der Waals surface area contributed by atoms with Gasteiger partial charge in [0.05, 0.1) is 13.2 Å². The molecule has 0 bridgehead atoms. The van der Waals surface area contributed by atoms with Crippen LogP contribution in [0.4, 0.5) is 0 Å². The van der Waals surface area contributed by atoms with E-state index in [1.54, 1.807) is 0 Å². The predicted octanol–water partition coefficient (Wildman–Crippen LogP) is 0.682. The number of ether oxygens (including phenoxy) is 1. The van der Waals surface area contributed by atoms with E-state index in [0.717, 1.165) is 57.4 Å². The predicted molar refractivity (Wildman–Crippen MR) is 88.3 cm³/mol. The van der Waals surface area contributed by atoms with E-state index in [2.05, 4.69) is 26.6 Å². The Morgan fingerprint density at radius 1 is 1.29 bits per heavy atom. The number of nitrogens with zero attached hydrogens (tertiary/aromatic N) is 5. The lowest BCUT2D eigenvalue weighted by Crippen LogP contribution is -2.63. The van der Waals surface area contributed by atoms with Crippen molar-refractivity contribution in [3.63, 3.8) is 0 Å². The van der Waals surface area contributed by atoms with Crippen molar-refractivity contribution in [2.24, 2.45) is 5.92 Å². The van der Waals surface area contributed by atoms with Crippen molar-refractivity contribution >= 4 is 5.91 Å². The van der Waals surface area contributed by atoms with E-state index in [-0.39, 0.29) is 12.0 Å². The first-order valence-electron chi connectivity index (χ1n) is 9.21. The largest absolute Gasteiger partial charge is 0.368 e. The van der Waals surface area contributed by atoms with Crippen molar-refractivity contribution < 1.29 is 9.53 Å². The molecule has 24 heavy (non-hydrogen) atoms. The third-order valence-corrected chi connectivity index (χ3v) is 5.49. The second-order valence-electron chi connectivity index (χ2n) is 7.32. The lowest BCUT2D eigenvalue weighted by atomic mass is 10.1. The summed E-state index contributed by atoms with van der Waals surface area (Å²) >= 11 is 0. The van der Waals surface area contributed by atoms with E-state index in [1.807, 2.05) is 11.8 Å². The van der Waals surface area contributed by atoms with Gasteiger partial charge in [-0.3, -0.25) is 9.69 Å². The quantitative estimate of drug-likeness (QED) is 0.766. The molecular weight excluding hydrogens is 306 g/mol.